The average molecular weight is 405 g/mol. The zero-order chi connectivity index (χ0) is 21.0. The van der Waals surface area contributed by atoms with Crippen LogP contribution in [0.4, 0.5) is 30.9 Å². The van der Waals surface area contributed by atoms with Gasteiger partial charge in [-0.25, -0.2) is 18.6 Å². The number of hydrogen-bond acceptors (Lipinski definition) is 5. The second-order valence-electron chi connectivity index (χ2n) is 6.80. The number of carboxylic acid groups (broad SMARTS) is 1. The van der Waals surface area contributed by atoms with Crippen LogP contribution in [0.2, 0.25) is 0 Å². The second kappa shape index (κ2) is 8.72. The largest absolute Gasteiger partial charge is 0.465 e. The van der Waals surface area contributed by atoms with E-state index >= 15 is 0 Å². The van der Waals surface area contributed by atoms with Gasteiger partial charge in [0.2, 0.25) is 0 Å². The van der Waals surface area contributed by atoms with Crippen LogP contribution in [0, 0.1) is 11.6 Å². The highest BCUT2D eigenvalue weighted by Gasteiger charge is 2.28. The zero-order valence-electron chi connectivity index (χ0n) is 15.4. The number of hydrogen-bond donors (Lipinski definition) is 5. The number of halogens is 2. The average Bonchev–Trinajstić information content (AvgIpc) is 2.67. The van der Waals surface area contributed by atoms with Crippen LogP contribution in [0.15, 0.2) is 30.3 Å². The van der Waals surface area contributed by atoms with Gasteiger partial charge in [0.1, 0.15) is 11.6 Å². The number of nitrogens with zero attached hydrogens (tertiary/aromatic N) is 1. The van der Waals surface area contributed by atoms with Gasteiger partial charge < -0.3 is 26.8 Å². The van der Waals surface area contributed by atoms with E-state index in [0.717, 1.165) is 18.9 Å². The Bertz CT molecular complexity index is 907. The van der Waals surface area contributed by atoms with Gasteiger partial charge in [0.15, 0.2) is 11.6 Å². The maximum atomic E-state index is 14.6. The van der Waals surface area contributed by atoms with Gasteiger partial charge in [-0.2, -0.15) is 0 Å². The van der Waals surface area contributed by atoms with Gasteiger partial charge in [-0.15, -0.1) is 0 Å². The fraction of sp³-hybridized carbons (Fsp3) is 0.316. The van der Waals surface area contributed by atoms with E-state index in [0.29, 0.717) is 18.5 Å². The van der Waals surface area contributed by atoms with Crippen LogP contribution in [-0.4, -0.2) is 34.2 Å². The standard InChI is InChI=1S/C19H21F2N5O3/c20-10-5-7-11(8-6-10)23-17-12(16(22)27)9-13(21)18(26-17)24-14-3-1-2-4-15(14)25-19(28)29/h5-9,14-15,25H,1-4H2,(H2,22,27)(H,28,29)(H2,23,24,26)/t14-,15+/m1/s1. The summed E-state index contributed by atoms with van der Waals surface area (Å²) in [7, 11) is 0. The third-order valence-electron chi connectivity index (χ3n) is 4.75. The van der Waals surface area contributed by atoms with Crippen molar-refractivity contribution in [3.05, 3.63) is 47.5 Å². The van der Waals surface area contributed by atoms with Gasteiger partial charge in [0, 0.05) is 11.7 Å². The molecule has 0 unspecified atom stereocenters. The van der Waals surface area contributed by atoms with Crippen molar-refractivity contribution in [2.45, 2.75) is 37.8 Å². The molecule has 1 aromatic heterocycles. The third-order valence-corrected chi connectivity index (χ3v) is 4.75. The minimum atomic E-state index is -1.15. The summed E-state index contributed by atoms with van der Waals surface area (Å²) >= 11 is 0. The Morgan fingerprint density at radius 2 is 1.72 bits per heavy atom. The number of amides is 2. The number of carbonyl (C=O) groups is 2. The molecule has 0 spiro atoms. The Hall–Kier alpha value is -3.43. The monoisotopic (exact) mass is 405 g/mol. The van der Waals surface area contributed by atoms with E-state index in [9.17, 15) is 18.4 Å². The van der Waals surface area contributed by atoms with Crippen LogP contribution in [0.25, 0.3) is 0 Å². The van der Waals surface area contributed by atoms with E-state index in [2.05, 4.69) is 20.9 Å². The predicted octanol–water partition coefficient (Wildman–Crippen LogP) is 3.19. The summed E-state index contributed by atoms with van der Waals surface area (Å²) in [6.45, 7) is 0. The van der Waals surface area contributed by atoms with Crippen molar-refractivity contribution >= 4 is 29.3 Å². The molecule has 1 heterocycles. The summed E-state index contributed by atoms with van der Waals surface area (Å²) in [5.41, 5.74) is 5.60. The normalized spacial score (nSPS) is 18.7. The number of anilines is 3. The number of pyridine rings is 1. The molecule has 1 saturated carbocycles. The SMILES string of the molecule is NC(=O)c1cc(F)c(N[C@@H]2CCCC[C@@H]2NC(=O)O)nc1Nc1ccc(F)cc1. The van der Waals surface area contributed by atoms with Crippen LogP contribution in [0.5, 0.6) is 0 Å². The van der Waals surface area contributed by atoms with Crippen molar-refractivity contribution in [3.8, 4) is 0 Å². The molecule has 0 aliphatic heterocycles. The minimum absolute atomic E-state index is 0.00608. The van der Waals surface area contributed by atoms with Crippen molar-refractivity contribution in [2.75, 3.05) is 10.6 Å². The highest BCUT2D eigenvalue weighted by atomic mass is 19.1. The van der Waals surface area contributed by atoms with Crippen molar-refractivity contribution in [1.29, 1.82) is 0 Å². The molecule has 0 saturated heterocycles. The van der Waals surface area contributed by atoms with E-state index < -0.39 is 29.7 Å². The molecule has 1 aliphatic carbocycles. The highest BCUT2D eigenvalue weighted by molar-refractivity contribution is 5.98. The molecule has 1 aromatic carbocycles. The maximum Gasteiger partial charge on any atom is 0.404 e. The van der Waals surface area contributed by atoms with Gasteiger partial charge in [0.05, 0.1) is 11.6 Å². The maximum absolute atomic E-state index is 14.6. The number of primary amides is 1. The third kappa shape index (κ3) is 5.09. The Balaban J connectivity index is 1.89. The van der Waals surface area contributed by atoms with Crippen LogP contribution in [0.3, 0.4) is 0 Å². The summed E-state index contributed by atoms with van der Waals surface area (Å²) in [6.07, 6.45) is 1.81. The molecule has 2 amide bonds. The smallest absolute Gasteiger partial charge is 0.404 e. The lowest BCUT2D eigenvalue weighted by molar-refractivity contribution is 0.1000. The first-order valence-electron chi connectivity index (χ1n) is 9.12. The van der Waals surface area contributed by atoms with Gasteiger partial charge in [0.25, 0.3) is 5.91 Å². The first-order chi connectivity index (χ1) is 13.8. The van der Waals surface area contributed by atoms with E-state index in [4.69, 9.17) is 10.8 Å². The molecular formula is C19H21F2N5O3. The molecule has 0 bridgehead atoms. The van der Waals surface area contributed by atoms with Crippen molar-refractivity contribution in [2.24, 2.45) is 5.73 Å². The molecule has 1 aliphatic rings. The fourth-order valence-corrected chi connectivity index (χ4v) is 3.35. The Morgan fingerprint density at radius 1 is 1.07 bits per heavy atom. The Labute approximate surface area is 165 Å². The molecular weight excluding hydrogens is 384 g/mol. The molecule has 154 valence electrons. The van der Waals surface area contributed by atoms with Gasteiger partial charge >= 0.3 is 6.09 Å². The molecule has 0 radical (unpaired) electrons. The minimum Gasteiger partial charge on any atom is -0.465 e. The molecule has 1 fully saturated rings. The number of aromatic nitrogens is 1. The van der Waals surface area contributed by atoms with Crippen LogP contribution >= 0.6 is 0 Å². The topological polar surface area (TPSA) is 129 Å². The van der Waals surface area contributed by atoms with Crippen LogP contribution in [0.1, 0.15) is 36.0 Å². The fourth-order valence-electron chi connectivity index (χ4n) is 3.35. The number of carbonyl (C=O) groups excluding carboxylic acids is 1. The number of nitrogens with one attached hydrogen (secondary N) is 3. The lowest BCUT2D eigenvalue weighted by atomic mass is 9.90. The molecule has 10 heteroatoms. The Morgan fingerprint density at radius 3 is 2.34 bits per heavy atom. The summed E-state index contributed by atoms with van der Waals surface area (Å²) < 4.78 is 27.7. The molecule has 8 nitrogen and oxygen atoms in total. The summed E-state index contributed by atoms with van der Waals surface area (Å²) in [5, 5.41) is 17.2. The number of benzene rings is 1. The van der Waals surface area contributed by atoms with Gasteiger partial charge in [-0.05, 0) is 43.2 Å². The highest BCUT2D eigenvalue weighted by Crippen LogP contribution is 2.27. The van der Waals surface area contributed by atoms with Crippen LogP contribution in [-0.2, 0) is 0 Å². The quantitative estimate of drug-likeness (QED) is 0.502. The van der Waals surface area contributed by atoms with E-state index in [-0.39, 0.29) is 23.2 Å². The van der Waals surface area contributed by atoms with E-state index in [1.165, 1.54) is 24.3 Å². The number of rotatable bonds is 6. The van der Waals surface area contributed by atoms with Gasteiger partial charge in [-0.3, -0.25) is 4.79 Å². The van der Waals surface area contributed by atoms with E-state index in [1.54, 1.807) is 0 Å². The molecule has 6 N–H and O–H groups in total. The van der Waals surface area contributed by atoms with Crippen molar-refractivity contribution in [1.82, 2.24) is 10.3 Å². The second-order valence-corrected chi connectivity index (χ2v) is 6.80. The predicted molar refractivity (Wildman–Crippen MR) is 103 cm³/mol. The molecule has 29 heavy (non-hydrogen) atoms. The summed E-state index contributed by atoms with van der Waals surface area (Å²) in [6, 6.07) is 5.52. The lowest BCUT2D eigenvalue weighted by Gasteiger charge is -2.32. The Kier molecular flexibility index (Phi) is 6.10. The number of nitrogens with two attached hydrogens (primary N) is 1. The van der Waals surface area contributed by atoms with Crippen LogP contribution < -0.4 is 21.7 Å². The molecule has 2 aromatic rings. The summed E-state index contributed by atoms with van der Waals surface area (Å²) in [5.74, 6) is -2.23. The summed E-state index contributed by atoms with van der Waals surface area (Å²) in [4.78, 5) is 26.9. The van der Waals surface area contributed by atoms with Crippen molar-refractivity contribution < 1.29 is 23.5 Å². The zero-order valence-corrected chi connectivity index (χ0v) is 15.4. The lowest BCUT2D eigenvalue weighted by Crippen LogP contribution is -2.48. The van der Waals surface area contributed by atoms with E-state index in [1.807, 2.05) is 0 Å². The molecule has 3 rings (SSSR count). The molecule has 2 atom stereocenters. The van der Waals surface area contributed by atoms with Gasteiger partial charge in [-0.1, -0.05) is 12.8 Å². The van der Waals surface area contributed by atoms with Crippen molar-refractivity contribution in [3.63, 3.8) is 0 Å². The first kappa shape index (κ1) is 20.3. The first-order valence-corrected chi connectivity index (χ1v) is 9.12.